The van der Waals surface area contributed by atoms with E-state index in [-0.39, 0.29) is 21.8 Å². The number of hydrogen-bond acceptors (Lipinski definition) is 4. The van der Waals surface area contributed by atoms with Crippen LogP contribution in [0.25, 0.3) is 0 Å². The van der Waals surface area contributed by atoms with Gasteiger partial charge in [0, 0.05) is 33.0 Å². The van der Waals surface area contributed by atoms with Gasteiger partial charge in [0.05, 0.1) is 10.1 Å². The minimum atomic E-state index is -0.146. The zero-order chi connectivity index (χ0) is 14.0. The van der Waals surface area contributed by atoms with Crippen LogP contribution in [0.2, 0.25) is 0 Å². The molecule has 0 saturated carbocycles. The lowest BCUT2D eigenvalue weighted by molar-refractivity contribution is -0.133. The zero-order valence-electron chi connectivity index (χ0n) is 12.1. The molecule has 1 atom stereocenters. The van der Waals surface area contributed by atoms with E-state index in [1.54, 1.807) is 11.8 Å². The van der Waals surface area contributed by atoms with Crippen molar-refractivity contribution in [1.29, 1.82) is 0 Å². The topological polar surface area (TPSA) is 40.6 Å². The Morgan fingerprint density at radius 3 is 2.58 bits per heavy atom. The second-order valence-corrected chi connectivity index (χ2v) is 7.31. The lowest BCUT2D eigenvalue weighted by Crippen LogP contribution is -2.49. The van der Waals surface area contributed by atoms with Gasteiger partial charge in [-0.1, -0.05) is 6.92 Å². The highest BCUT2D eigenvalue weighted by Gasteiger charge is 2.50. The van der Waals surface area contributed by atoms with Crippen molar-refractivity contribution in [3.63, 3.8) is 0 Å². The van der Waals surface area contributed by atoms with Crippen LogP contribution in [0.4, 0.5) is 0 Å². The summed E-state index contributed by atoms with van der Waals surface area (Å²) < 4.78 is 0. The van der Waals surface area contributed by atoms with Crippen molar-refractivity contribution in [1.82, 2.24) is 9.80 Å². The number of thioether (sulfide) groups is 1. The van der Waals surface area contributed by atoms with Gasteiger partial charge in [0.25, 0.3) is 0 Å². The zero-order valence-corrected chi connectivity index (χ0v) is 13.0. The van der Waals surface area contributed by atoms with Crippen LogP contribution in [-0.4, -0.2) is 58.8 Å². The lowest BCUT2D eigenvalue weighted by Gasteiger charge is -2.41. The number of amides is 1. The number of ketones is 1. The molecular weight excluding hydrogens is 260 g/mol. The van der Waals surface area contributed by atoms with E-state index in [4.69, 9.17) is 0 Å². The quantitative estimate of drug-likeness (QED) is 0.788. The Kier molecular flexibility index (Phi) is 4.56. The molecule has 0 aromatic carbocycles. The van der Waals surface area contributed by atoms with Gasteiger partial charge < -0.3 is 9.80 Å². The summed E-state index contributed by atoms with van der Waals surface area (Å²) in [6.07, 6.45) is 3.91. The standard InChI is InChI=1S/C14H24N2O2S/c1-4-5-11(17)10-12-13(18)16(3)14(19-12)6-8-15(2)9-7-14/h12H,4-10H2,1-3H3. The van der Waals surface area contributed by atoms with Crippen molar-refractivity contribution >= 4 is 23.5 Å². The molecule has 0 N–H and O–H groups in total. The molecule has 2 rings (SSSR count). The molecule has 4 nitrogen and oxygen atoms in total. The van der Waals surface area contributed by atoms with Crippen LogP contribution in [0.3, 0.4) is 0 Å². The first-order valence-electron chi connectivity index (χ1n) is 7.14. The monoisotopic (exact) mass is 284 g/mol. The van der Waals surface area contributed by atoms with E-state index in [9.17, 15) is 9.59 Å². The van der Waals surface area contributed by atoms with Gasteiger partial charge >= 0.3 is 0 Å². The van der Waals surface area contributed by atoms with Gasteiger partial charge in [-0.05, 0) is 26.3 Å². The summed E-state index contributed by atoms with van der Waals surface area (Å²) in [7, 11) is 4.03. The number of nitrogens with zero attached hydrogens (tertiary/aromatic N) is 2. The second-order valence-electron chi connectivity index (χ2n) is 5.75. The fraction of sp³-hybridized carbons (Fsp3) is 0.857. The van der Waals surface area contributed by atoms with Gasteiger partial charge in [-0.15, -0.1) is 11.8 Å². The molecule has 1 spiro atoms. The molecule has 0 aromatic heterocycles. The molecule has 1 unspecified atom stereocenters. The molecule has 2 heterocycles. The fourth-order valence-electron chi connectivity index (χ4n) is 2.95. The molecule has 0 aliphatic carbocycles. The number of hydrogen-bond donors (Lipinski definition) is 0. The predicted octanol–water partition coefficient (Wildman–Crippen LogP) is 1.74. The smallest absolute Gasteiger partial charge is 0.237 e. The summed E-state index contributed by atoms with van der Waals surface area (Å²) in [5, 5.41) is -0.146. The number of likely N-dealkylation sites (tertiary alicyclic amines) is 1. The second kappa shape index (κ2) is 5.83. The molecule has 2 saturated heterocycles. The SMILES string of the molecule is CCCC(=O)CC1SC2(CCN(C)CC2)N(C)C1=O. The maximum atomic E-state index is 12.3. The van der Waals surface area contributed by atoms with E-state index in [0.29, 0.717) is 12.8 Å². The van der Waals surface area contributed by atoms with Crippen LogP contribution in [0, 0.1) is 0 Å². The Morgan fingerprint density at radius 2 is 2.00 bits per heavy atom. The average molecular weight is 284 g/mol. The first-order valence-corrected chi connectivity index (χ1v) is 8.02. The maximum absolute atomic E-state index is 12.3. The van der Waals surface area contributed by atoms with Crippen LogP contribution in [0.1, 0.15) is 39.0 Å². The Morgan fingerprint density at radius 1 is 1.37 bits per heavy atom. The van der Waals surface area contributed by atoms with Gasteiger partial charge in [0.1, 0.15) is 5.78 Å². The summed E-state index contributed by atoms with van der Waals surface area (Å²) >= 11 is 1.74. The summed E-state index contributed by atoms with van der Waals surface area (Å²) in [5.74, 6) is 0.380. The van der Waals surface area contributed by atoms with Crippen LogP contribution in [0.15, 0.2) is 0 Å². The number of carbonyl (C=O) groups excluding carboxylic acids is 2. The normalized spacial score (nSPS) is 27.2. The van der Waals surface area contributed by atoms with E-state index in [0.717, 1.165) is 32.4 Å². The van der Waals surface area contributed by atoms with Crippen molar-refractivity contribution in [3.8, 4) is 0 Å². The Balaban J connectivity index is 2.02. The van der Waals surface area contributed by atoms with Gasteiger partial charge in [0.2, 0.25) is 5.91 Å². The third-order valence-corrected chi connectivity index (χ3v) is 6.06. The van der Waals surface area contributed by atoms with E-state index in [1.807, 2.05) is 18.9 Å². The molecule has 0 radical (unpaired) electrons. The Bertz CT molecular complexity index is 364. The number of rotatable bonds is 4. The van der Waals surface area contributed by atoms with Crippen LogP contribution in [0.5, 0.6) is 0 Å². The molecular formula is C14H24N2O2S. The van der Waals surface area contributed by atoms with Gasteiger partial charge in [-0.3, -0.25) is 9.59 Å². The maximum Gasteiger partial charge on any atom is 0.237 e. The van der Waals surface area contributed by atoms with Crippen molar-refractivity contribution in [2.45, 2.75) is 49.1 Å². The van der Waals surface area contributed by atoms with Crippen LogP contribution < -0.4 is 0 Å². The molecule has 5 heteroatoms. The highest BCUT2D eigenvalue weighted by molar-refractivity contribution is 8.02. The van der Waals surface area contributed by atoms with Gasteiger partial charge in [0.15, 0.2) is 0 Å². The number of Topliss-reactive ketones (excluding diaryl/α,β-unsaturated/α-hetero) is 1. The van der Waals surface area contributed by atoms with Crippen molar-refractivity contribution < 1.29 is 9.59 Å². The first kappa shape index (κ1) is 14.9. The molecule has 0 aromatic rings. The third-order valence-electron chi connectivity index (χ3n) is 4.29. The van der Waals surface area contributed by atoms with Gasteiger partial charge in [-0.25, -0.2) is 0 Å². The minimum Gasteiger partial charge on any atom is -0.330 e. The largest absolute Gasteiger partial charge is 0.330 e. The molecule has 1 amide bonds. The predicted molar refractivity (Wildman–Crippen MR) is 78.1 cm³/mol. The summed E-state index contributed by atoms with van der Waals surface area (Å²) in [5.41, 5.74) is 0. The van der Waals surface area contributed by atoms with Gasteiger partial charge in [-0.2, -0.15) is 0 Å². The summed E-state index contributed by atoms with van der Waals surface area (Å²) in [6, 6.07) is 0. The third kappa shape index (κ3) is 2.97. The van der Waals surface area contributed by atoms with Crippen molar-refractivity contribution in [3.05, 3.63) is 0 Å². The van der Waals surface area contributed by atoms with E-state index in [1.165, 1.54) is 0 Å². The molecule has 108 valence electrons. The van der Waals surface area contributed by atoms with E-state index >= 15 is 0 Å². The highest BCUT2D eigenvalue weighted by Crippen LogP contribution is 2.47. The molecule has 0 bridgehead atoms. The van der Waals surface area contributed by atoms with Crippen molar-refractivity contribution in [2.75, 3.05) is 27.2 Å². The van der Waals surface area contributed by atoms with Crippen molar-refractivity contribution in [2.24, 2.45) is 0 Å². The van der Waals surface area contributed by atoms with Crippen LogP contribution >= 0.6 is 11.8 Å². The fourth-order valence-corrected chi connectivity index (χ4v) is 4.67. The Hall–Kier alpha value is -0.550. The van der Waals surface area contributed by atoms with E-state index < -0.39 is 0 Å². The number of carbonyl (C=O) groups is 2. The average Bonchev–Trinajstić information content (AvgIpc) is 2.59. The minimum absolute atomic E-state index is 0.0548. The van der Waals surface area contributed by atoms with Crippen LogP contribution in [-0.2, 0) is 9.59 Å². The lowest BCUT2D eigenvalue weighted by atomic mass is 10.0. The molecule has 19 heavy (non-hydrogen) atoms. The Labute approximate surface area is 119 Å². The number of piperidine rings is 1. The molecule has 2 aliphatic rings. The molecule has 2 aliphatic heterocycles. The van der Waals surface area contributed by atoms with E-state index in [2.05, 4.69) is 11.9 Å². The summed E-state index contributed by atoms with van der Waals surface area (Å²) in [4.78, 5) is 28.3. The first-order chi connectivity index (χ1) is 8.98. The summed E-state index contributed by atoms with van der Waals surface area (Å²) in [6.45, 7) is 4.06. The highest BCUT2D eigenvalue weighted by atomic mass is 32.2. The molecule has 2 fully saturated rings.